The zero-order chi connectivity index (χ0) is 30.8. The molecule has 0 aliphatic carbocycles. The van der Waals surface area contributed by atoms with Crippen molar-refractivity contribution in [1.82, 2.24) is 0 Å². The molecule has 0 aromatic heterocycles. The first-order valence-corrected chi connectivity index (χ1v) is 17.3. The molecule has 1 N–H and O–H groups in total. The Morgan fingerprint density at radius 2 is 1.00 bits per heavy atom. The molecule has 0 rings (SSSR count). The number of unbranched alkanes of at least 4 members (excludes halogenated alkanes) is 12. The zero-order valence-electron chi connectivity index (χ0n) is 27.3. The van der Waals surface area contributed by atoms with Gasteiger partial charge in [0.2, 0.25) is 0 Å². The SMILES string of the molecule is CC/C=C\C/C=C\C/C=C\C/C=C\C/C=C\CCCC(=O)OC(CCCCCCCCCCCCCC)CCC(=O)O. The summed E-state index contributed by atoms with van der Waals surface area (Å²) in [5.41, 5.74) is 0. The highest BCUT2D eigenvalue weighted by Gasteiger charge is 2.15. The molecule has 0 fully saturated rings. The number of hydrogen-bond acceptors (Lipinski definition) is 3. The van der Waals surface area contributed by atoms with Crippen LogP contribution in [-0.2, 0) is 14.3 Å². The molecule has 0 amide bonds. The summed E-state index contributed by atoms with van der Waals surface area (Å²) in [6.45, 7) is 4.41. The molecule has 0 aromatic carbocycles. The Morgan fingerprint density at radius 1 is 0.548 bits per heavy atom. The zero-order valence-corrected chi connectivity index (χ0v) is 27.3. The Labute approximate surface area is 259 Å². The molecule has 4 nitrogen and oxygen atoms in total. The van der Waals surface area contributed by atoms with Crippen molar-refractivity contribution < 1.29 is 19.4 Å². The lowest BCUT2D eigenvalue weighted by Crippen LogP contribution is -2.19. The molecule has 0 bridgehead atoms. The summed E-state index contributed by atoms with van der Waals surface area (Å²) in [6, 6.07) is 0. The Hall–Kier alpha value is -2.36. The van der Waals surface area contributed by atoms with Crippen LogP contribution in [-0.4, -0.2) is 23.1 Å². The van der Waals surface area contributed by atoms with Gasteiger partial charge in [-0.25, -0.2) is 0 Å². The minimum Gasteiger partial charge on any atom is -0.481 e. The standard InChI is InChI=1S/C38H64O4/c1-3-5-7-9-11-13-15-17-18-19-20-21-23-25-27-29-31-33-38(41)42-36(34-35-37(39)40)32-30-28-26-24-22-16-14-12-10-8-6-4-2/h5,7,11,13,17-18,20-21,25,27,36H,3-4,6,8-10,12,14-16,19,22-24,26,28-35H2,1-2H3,(H,39,40)/b7-5-,13-11-,18-17-,21-20-,27-25-. The minimum atomic E-state index is -0.830. The largest absolute Gasteiger partial charge is 0.481 e. The molecule has 0 saturated carbocycles. The lowest BCUT2D eigenvalue weighted by Gasteiger charge is -2.17. The highest BCUT2D eigenvalue weighted by atomic mass is 16.5. The van der Waals surface area contributed by atoms with Crippen LogP contribution in [0.2, 0.25) is 0 Å². The number of carbonyl (C=O) groups is 2. The van der Waals surface area contributed by atoms with Crippen molar-refractivity contribution in [2.24, 2.45) is 0 Å². The van der Waals surface area contributed by atoms with Gasteiger partial charge in [-0.1, -0.05) is 145 Å². The summed E-state index contributed by atoms with van der Waals surface area (Å²) in [5.74, 6) is -1.03. The van der Waals surface area contributed by atoms with E-state index in [0.717, 1.165) is 64.2 Å². The van der Waals surface area contributed by atoms with E-state index < -0.39 is 5.97 Å². The fraction of sp³-hybridized carbons (Fsp3) is 0.684. The van der Waals surface area contributed by atoms with Gasteiger partial charge in [0.05, 0.1) is 0 Å². The third-order valence-electron chi connectivity index (χ3n) is 7.27. The van der Waals surface area contributed by atoms with Crippen molar-refractivity contribution in [1.29, 1.82) is 0 Å². The molecule has 0 aliphatic heterocycles. The number of esters is 1. The fourth-order valence-electron chi connectivity index (χ4n) is 4.74. The first kappa shape index (κ1) is 39.6. The number of ether oxygens (including phenoxy) is 1. The van der Waals surface area contributed by atoms with Crippen molar-refractivity contribution in [3.8, 4) is 0 Å². The molecule has 42 heavy (non-hydrogen) atoms. The van der Waals surface area contributed by atoms with Crippen LogP contribution in [0.5, 0.6) is 0 Å². The predicted molar refractivity (Wildman–Crippen MR) is 181 cm³/mol. The minimum absolute atomic E-state index is 0.0518. The van der Waals surface area contributed by atoms with Gasteiger partial charge in [0.15, 0.2) is 0 Å². The average molecular weight is 585 g/mol. The number of rotatable bonds is 30. The van der Waals surface area contributed by atoms with E-state index in [9.17, 15) is 9.59 Å². The van der Waals surface area contributed by atoms with Gasteiger partial charge in [-0.3, -0.25) is 9.59 Å². The van der Waals surface area contributed by atoms with Crippen LogP contribution in [0.4, 0.5) is 0 Å². The molecule has 1 unspecified atom stereocenters. The van der Waals surface area contributed by atoms with E-state index in [1.54, 1.807) is 0 Å². The lowest BCUT2D eigenvalue weighted by atomic mass is 10.0. The Balaban J connectivity index is 3.92. The normalized spacial score (nSPS) is 13.0. The van der Waals surface area contributed by atoms with Crippen LogP contribution in [0.25, 0.3) is 0 Å². The maximum Gasteiger partial charge on any atom is 0.306 e. The summed E-state index contributed by atoms with van der Waals surface area (Å²) < 4.78 is 5.68. The first-order valence-electron chi connectivity index (χ1n) is 17.3. The van der Waals surface area contributed by atoms with Gasteiger partial charge in [-0.2, -0.15) is 0 Å². The van der Waals surface area contributed by atoms with E-state index in [2.05, 4.69) is 74.6 Å². The quantitative estimate of drug-likeness (QED) is 0.0518. The monoisotopic (exact) mass is 584 g/mol. The Morgan fingerprint density at radius 3 is 1.48 bits per heavy atom. The van der Waals surface area contributed by atoms with Gasteiger partial charge in [0.1, 0.15) is 6.10 Å². The average Bonchev–Trinajstić information content (AvgIpc) is 2.97. The van der Waals surface area contributed by atoms with E-state index in [-0.39, 0.29) is 18.5 Å². The van der Waals surface area contributed by atoms with Crippen LogP contribution in [0, 0.1) is 0 Å². The van der Waals surface area contributed by atoms with Gasteiger partial charge in [-0.05, 0) is 64.2 Å². The van der Waals surface area contributed by atoms with Gasteiger partial charge in [0.25, 0.3) is 0 Å². The fourth-order valence-corrected chi connectivity index (χ4v) is 4.74. The smallest absolute Gasteiger partial charge is 0.306 e. The van der Waals surface area contributed by atoms with Gasteiger partial charge < -0.3 is 9.84 Å². The molecule has 4 heteroatoms. The summed E-state index contributed by atoms with van der Waals surface area (Å²) in [7, 11) is 0. The molecule has 0 aromatic rings. The number of hydrogen-bond donors (Lipinski definition) is 1. The molecule has 1 atom stereocenters. The summed E-state index contributed by atoms with van der Waals surface area (Å²) in [4.78, 5) is 23.4. The lowest BCUT2D eigenvalue weighted by molar-refractivity contribution is -0.151. The molecule has 240 valence electrons. The van der Waals surface area contributed by atoms with Crippen molar-refractivity contribution in [2.45, 2.75) is 168 Å². The van der Waals surface area contributed by atoms with Crippen molar-refractivity contribution in [2.75, 3.05) is 0 Å². The van der Waals surface area contributed by atoms with Crippen LogP contribution in [0.1, 0.15) is 162 Å². The molecule has 0 radical (unpaired) electrons. The third-order valence-corrected chi connectivity index (χ3v) is 7.27. The second kappa shape index (κ2) is 33.1. The number of carbonyl (C=O) groups excluding carboxylic acids is 1. The second-order valence-electron chi connectivity index (χ2n) is 11.3. The van der Waals surface area contributed by atoms with E-state index in [0.29, 0.717) is 12.8 Å². The van der Waals surface area contributed by atoms with Crippen molar-refractivity contribution in [3.63, 3.8) is 0 Å². The van der Waals surface area contributed by atoms with Crippen molar-refractivity contribution >= 4 is 11.9 Å². The number of carboxylic acids is 1. The summed E-state index contributed by atoms with van der Waals surface area (Å²) in [5, 5.41) is 9.07. The molecule has 0 spiro atoms. The topological polar surface area (TPSA) is 63.6 Å². The van der Waals surface area contributed by atoms with Crippen LogP contribution >= 0.6 is 0 Å². The molecular formula is C38H64O4. The second-order valence-corrected chi connectivity index (χ2v) is 11.3. The van der Waals surface area contributed by atoms with E-state index in [4.69, 9.17) is 9.84 Å². The number of aliphatic carboxylic acids is 1. The number of carboxylic acid groups (broad SMARTS) is 1. The molecule has 0 heterocycles. The van der Waals surface area contributed by atoms with Crippen LogP contribution in [0.15, 0.2) is 60.8 Å². The van der Waals surface area contributed by atoms with Gasteiger partial charge in [0, 0.05) is 12.8 Å². The summed E-state index contributed by atoms with van der Waals surface area (Å²) >= 11 is 0. The number of allylic oxidation sites excluding steroid dienone is 10. The molecular weight excluding hydrogens is 520 g/mol. The Bertz CT molecular complexity index is 759. The predicted octanol–water partition coefficient (Wildman–Crippen LogP) is 11.8. The Kier molecular flexibility index (Phi) is 31.3. The van der Waals surface area contributed by atoms with Gasteiger partial charge in [-0.15, -0.1) is 0 Å². The first-order chi connectivity index (χ1) is 20.6. The molecule has 0 saturated heterocycles. The highest BCUT2D eigenvalue weighted by molar-refractivity contribution is 5.70. The molecule has 0 aliphatic rings. The van der Waals surface area contributed by atoms with Crippen LogP contribution in [0.3, 0.4) is 0 Å². The van der Waals surface area contributed by atoms with Gasteiger partial charge >= 0.3 is 11.9 Å². The maximum absolute atomic E-state index is 12.4. The van der Waals surface area contributed by atoms with Crippen LogP contribution < -0.4 is 0 Å². The van der Waals surface area contributed by atoms with E-state index in [1.165, 1.54) is 64.2 Å². The summed E-state index contributed by atoms with van der Waals surface area (Å²) in [6.07, 6.45) is 45.1. The maximum atomic E-state index is 12.4. The van der Waals surface area contributed by atoms with E-state index in [1.807, 2.05) is 0 Å². The highest BCUT2D eigenvalue weighted by Crippen LogP contribution is 2.17. The third kappa shape index (κ3) is 32.2. The van der Waals surface area contributed by atoms with E-state index >= 15 is 0 Å². The van der Waals surface area contributed by atoms with Crippen molar-refractivity contribution in [3.05, 3.63) is 60.8 Å².